The van der Waals surface area contributed by atoms with E-state index in [0.29, 0.717) is 16.9 Å². The predicted octanol–water partition coefficient (Wildman–Crippen LogP) is 2.96. The van der Waals surface area contributed by atoms with Crippen LogP contribution in [0.2, 0.25) is 0 Å². The third-order valence-corrected chi connectivity index (χ3v) is 4.52. The fraction of sp³-hybridized carbons (Fsp3) is 0.538. The Hall–Kier alpha value is -1.21. The van der Waals surface area contributed by atoms with Crippen LogP contribution in [0.1, 0.15) is 30.4 Å². The van der Waals surface area contributed by atoms with Crippen LogP contribution in [0.3, 0.4) is 0 Å². The van der Waals surface area contributed by atoms with Gasteiger partial charge in [-0.05, 0) is 37.7 Å². The van der Waals surface area contributed by atoms with Gasteiger partial charge in [0.25, 0.3) is 0 Å². The number of rotatable bonds is 3. The zero-order chi connectivity index (χ0) is 12.3. The van der Waals surface area contributed by atoms with Gasteiger partial charge in [0, 0.05) is 17.5 Å². The lowest BCUT2D eigenvalue weighted by molar-refractivity contribution is 0.762. The molecule has 1 aromatic heterocycles. The van der Waals surface area contributed by atoms with E-state index in [1.807, 2.05) is 24.8 Å². The molecule has 17 heavy (non-hydrogen) atoms. The molecule has 2 rings (SSSR count). The molecule has 1 aliphatic carbocycles. The first kappa shape index (κ1) is 12.3. The minimum atomic E-state index is 0.450. The summed E-state index contributed by atoms with van der Waals surface area (Å²) >= 11 is 1.90. The van der Waals surface area contributed by atoms with E-state index in [2.05, 4.69) is 22.6 Å². The molecule has 4 heteroatoms. The van der Waals surface area contributed by atoms with Crippen LogP contribution in [0, 0.1) is 18.3 Å². The van der Waals surface area contributed by atoms with Gasteiger partial charge in [0.2, 0.25) is 0 Å². The minimum Gasteiger partial charge on any atom is -0.365 e. The normalized spacial score (nSPS) is 23.4. The van der Waals surface area contributed by atoms with Crippen molar-refractivity contribution in [2.24, 2.45) is 0 Å². The first-order valence-corrected chi connectivity index (χ1v) is 7.20. The highest BCUT2D eigenvalue weighted by Crippen LogP contribution is 2.31. The average molecular weight is 247 g/mol. The van der Waals surface area contributed by atoms with Gasteiger partial charge >= 0.3 is 0 Å². The highest BCUT2D eigenvalue weighted by Gasteiger charge is 2.27. The number of nitrogens with one attached hydrogen (secondary N) is 1. The maximum atomic E-state index is 9.16. The lowest BCUT2D eigenvalue weighted by Gasteiger charge is -2.20. The third-order valence-electron chi connectivity index (χ3n) is 3.35. The molecule has 0 saturated heterocycles. The molecule has 0 aliphatic heterocycles. The zero-order valence-corrected chi connectivity index (χ0v) is 11.0. The largest absolute Gasteiger partial charge is 0.365 e. The summed E-state index contributed by atoms with van der Waals surface area (Å²) in [6.07, 6.45) is 7.61. The van der Waals surface area contributed by atoms with Gasteiger partial charge in [-0.25, -0.2) is 4.98 Å². The van der Waals surface area contributed by atoms with Gasteiger partial charge in [-0.15, -0.1) is 0 Å². The Bertz CT molecular complexity index is 439. The SMILES string of the molecule is CSC1CCCC1Nc1nccc(C)c1C#N. The summed E-state index contributed by atoms with van der Waals surface area (Å²) < 4.78 is 0. The summed E-state index contributed by atoms with van der Waals surface area (Å²) in [7, 11) is 0. The molecule has 3 nitrogen and oxygen atoms in total. The fourth-order valence-electron chi connectivity index (χ4n) is 2.36. The van der Waals surface area contributed by atoms with Crippen molar-refractivity contribution in [2.75, 3.05) is 11.6 Å². The maximum absolute atomic E-state index is 9.16. The standard InChI is InChI=1S/C13H17N3S/c1-9-6-7-15-13(10(9)8-14)16-11-4-3-5-12(11)17-2/h6-7,11-12H,3-5H2,1-2H3,(H,15,16). The summed E-state index contributed by atoms with van der Waals surface area (Å²) in [6, 6.07) is 4.57. The molecule has 2 atom stereocenters. The summed E-state index contributed by atoms with van der Waals surface area (Å²) in [6.45, 7) is 1.95. The second kappa shape index (κ2) is 5.42. The van der Waals surface area contributed by atoms with Crippen LogP contribution in [0.4, 0.5) is 5.82 Å². The lowest BCUT2D eigenvalue weighted by Crippen LogP contribution is -2.26. The fourth-order valence-corrected chi connectivity index (χ4v) is 3.29. The van der Waals surface area contributed by atoms with E-state index in [1.165, 1.54) is 19.3 Å². The Kier molecular flexibility index (Phi) is 3.90. The molecule has 1 fully saturated rings. The summed E-state index contributed by atoms with van der Waals surface area (Å²) in [5.74, 6) is 0.749. The number of nitrogens with zero attached hydrogens (tertiary/aromatic N) is 2. The first-order chi connectivity index (χ1) is 8.26. The molecule has 0 amide bonds. The number of pyridine rings is 1. The van der Waals surface area contributed by atoms with E-state index in [4.69, 9.17) is 5.26 Å². The highest BCUT2D eigenvalue weighted by atomic mass is 32.2. The number of thioether (sulfide) groups is 1. The van der Waals surface area contributed by atoms with E-state index in [9.17, 15) is 0 Å². The number of aryl methyl sites for hydroxylation is 1. The van der Waals surface area contributed by atoms with E-state index in [1.54, 1.807) is 6.20 Å². The molecule has 0 spiro atoms. The van der Waals surface area contributed by atoms with Crippen molar-refractivity contribution in [3.8, 4) is 6.07 Å². The summed E-state index contributed by atoms with van der Waals surface area (Å²) in [5, 5.41) is 13.3. The van der Waals surface area contributed by atoms with Crippen LogP contribution < -0.4 is 5.32 Å². The molecule has 1 aromatic rings. The predicted molar refractivity (Wildman–Crippen MR) is 72.3 cm³/mol. The quantitative estimate of drug-likeness (QED) is 0.892. The van der Waals surface area contributed by atoms with E-state index < -0.39 is 0 Å². The number of hydrogen-bond donors (Lipinski definition) is 1. The molecule has 1 saturated carbocycles. The van der Waals surface area contributed by atoms with E-state index in [0.717, 1.165) is 11.4 Å². The first-order valence-electron chi connectivity index (χ1n) is 5.91. The van der Waals surface area contributed by atoms with Gasteiger partial charge in [0.15, 0.2) is 0 Å². The van der Waals surface area contributed by atoms with Crippen molar-refractivity contribution in [3.05, 3.63) is 23.4 Å². The molecular weight excluding hydrogens is 230 g/mol. The highest BCUT2D eigenvalue weighted by molar-refractivity contribution is 7.99. The molecule has 1 N–H and O–H groups in total. The van der Waals surface area contributed by atoms with Crippen molar-refractivity contribution in [3.63, 3.8) is 0 Å². The van der Waals surface area contributed by atoms with Gasteiger partial charge in [0.05, 0.1) is 5.56 Å². The third kappa shape index (κ3) is 2.55. The molecule has 90 valence electrons. The topological polar surface area (TPSA) is 48.7 Å². The van der Waals surface area contributed by atoms with Crippen molar-refractivity contribution < 1.29 is 0 Å². The number of nitriles is 1. The van der Waals surface area contributed by atoms with Crippen LogP contribution in [0.5, 0.6) is 0 Å². The molecule has 0 aromatic carbocycles. The summed E-state index contributed by atoms with van der Waals surface area (Å²) in [4.78, 5) is 4.30. The Labute approximate surface area is 107 Å². The van der Waals surface area contributed by atoms with Gasteiger partial charge in [0.1, 0.15) is 11.9 Å². The summed E-state index contributed by atoms with van der Waals surface area (Å²) in [5.41, 5.74) is 1.67. The monoisotopic (exact) mass is 247 g/mol. The Morgan fingerprint density at radius 1 is 1.53 bits per heavy atom. The van der Waals surface area contributed by atoms with Gasteiger partial charge in [-0.1, -0.05) is 6.42 Å². The lowest BCUT2D eigenvalue weighted by atomic mass is 10.1. The van der Waals surface area contributed by atoms with Crippen LogP contribution >= 0.6 is 11.8 Å². The van der Waals surface area contributed by atoms with Crippen LogP contribution in [0.15, 0.2) is 12.3 Å². The van der Waals surface area contributed by atoms with Gasteiger partial charge < -0.3 is 5.32 Å². The number of hydrogen-bond acceptors (Lipinski definition) is 4. The second-order valence-corrected chi connectivity index (χ2v) is 5.50. The zero-order valence-electron chi connectivity index (χ0n) is 10.2. The minimum absolute atomic E-state index is 0.450. The van der Waals surface area contributed by atoms with Gasteiger partial charge in [-0.3, -0.25) is 0 Å². The van der Waals surface area contributed by atoms with Crippen LogP contribution in [-0.2, 0) is 0 Å². The smallest absolute Gasteiger partial charge is 0.144 e. The van der Waals surface area contributed by atoms with Gasteiger partial charge in [-0.2, -0.15) is 17.0 Å². The van der Waals surface area contributed by atoms with Crippen molar-refractivity contribution >= 4 is 17.6 Å². The molecular formula is C13H17N3S. The number of aromatic nitrogens is 1. The molecule has 2 unspecified atom stereocenters. The van der Waals surface area contributed by atoms with Crippen LogP contribution in [0.25, 0.3) is 0 Å². The molecule has 1 aliphatic rings. The maximum Gasteiger partial charge on any atom is 0.144 e. The van der Waals surface area contributed by atoms with E-state index >= 15 is 0 Å². The Morgan fingerprint density at radius 3 is 3.06 bits per heavy atom. The average Bonchev–Trinajstić information content (AvgIpc) is 2.77. The van der Waals surface area contributed by atoms with Crippen molar-refractivity contribution in [1.82, 2.24) is 4.98 Å². The second-order valence-electron chi connectivity index (χ2n) is 4.42. The Balaban J connectivity index is 2.19. The molecule has 0 bridgehead atoms. The van der Waals surface area contributed by atoms with Crippen LogP contribution in [-0.4, -0.2) is 22.5 Å². The molecule has 0 radical (unpaired) electrons. The van der Waals surface area contributed by atoms with Crippen molar-refractivity contribution in [1.29, 1.82) is 5.26 Å². The molecule has 1 heterocycles. The van der Waals surface area contributed by atoms with E-state index in [-0.39, 0.29) is 0 Å². The number of anilines is 1. The Morgan fingerprint density at radius 2 is 2.35 bits per heavy atom. The van der Waals surface area contributed by atoms with Crippen molar-refractivity contribution in [2.45, 2.75) is 37.5 Å².